The number of nitrogens with zero attached hydrogens (tertiary/aromatic N) is 3. The van der Waals surface area contributed by atoms with Crippen LogP contribution in [0.3, 0.4) is 0 Å². The van der Waals surface area contributed by atoms with Gasteiger partial charge in [-0.15, -0.1) is 11.3 Å². The molecule has 0 aromatic carbocycles. The maximum atomic E-state index is 13.2. The lowest BCUT2D eigenvalue weighted by atomic mass is 9.97. The second-order valence-corrected chi connectivity index (χ2v) is 8.35. The summed E-state index contributed by atoms with van der Waals surface area (Å²) in [6.45, 7) is 2.90. The molecule has 0 atom stereocenters. The molecule has 0 amide bonds. The molecule has 0 saturated carbocycles. The topological polar surface area (TPSA) is 58.7 Å². The summed E-state index contributed by atoms with van der Waals surface area (Å²) in [6, 6.07) is 2.17. The molecule has 0 unspecified atom stereocenters. The summed E-state index contributed by atoms with van der Waals surface area (Å²) < 4.78 is 1.86. The molecule has 24 heavy (non-hydrogen) atoms. The minimum Gasteiger partial charge on any atom is -0.287 e. The van der Waals surface area contributed by atoms with E-state index in [0.29, 0.717) is 12.2 Å². The first kappa shape index (κ1) is 17.5. The number of hydrogen-bond acceptors (Lipinski definition) is 5. The lowest BCUT2D eigenvalue weighted by Gasteiger charge is -2.13. The van der Waals surface area contributed by atoms with Gasteiger partial charge in [0.15, 0.2) is 5.16 Å². The number of nitriles is 1. The van der Waals surface area contributed by atoms with Crippen LogP contribution in [0, 0.1) is 11.3 Å². The van der Waals surface area contributed by atoms with Gasteiger partial charge in [0.25, 0.3) is 5.56 Å². The molecule has 0 N–H and O–H groups in total. The Morgan fingerprint density at radius 2 is 2.17 bits per heavy atom. The molecule has 0 fully saturated rings. The van der Waals surface area contributed by atoms with Crippen LogP contribution in [-0.2, 0) is 19.4 Å². The second kappa shape index (κ2) is 8.17. The molecule has 4 nitrogen and oxygen atoms in total. The maximum absolute atomic E-state index is 13.2. The summed E-state index contributed by atoms with van der Waals surface area (Å²) in [7, 11) is 0. The fourth-order valence-electron chi connectivity index (χ4n) is 3.24. The quantitative estimate of drug-likeness (QED) is 0.413. The summed E-state index contributed by atoms with van der Waals surface area (Å²) in [4.78, 5) is 20.2. The van der Waals surface area contributed by atoms with E-state index in [9.17, 15) is 4.79 Å². The Morgan fingerprint density at radius 1 is 1.33 bits per heavy atom. The van der Waals surface area contributed by atoms with Crippen LogP contribution >= 0.6 is 23.1 Å². The zero-order chi connectivity index (χ0) is 16.9. The number of hydrogen-bond donors (Lipinski definition) is 0. The zero-order valence-corrected chi connectivity index (χ0v) is 15.8. The SMILES string of the molecule is CCCCCn1c(SCCC#N)nc2sc3c(c2c1=O)CCCC3. The molecule has 2 aromatic heterocycles. The molecule has 0 radical (unpaired) electrons. The molecular weight excluding hydrogens is 338 g/mol. The minimum absolute atomic E-state index is 0.134. The Balaban J connectivity index is 2.04. The van der Waals surface area contributed by atoms with Gasteiger partial charge >= 0.3 is 0 Å². The van der Waals surface area contributed by atoms with Gasteiger partial charge in [-0.25, -0.2) is 4.98 Å². The van der Waals surface area contributed by atoms with Gasteiger partial charge in [-0.1, -0.05) is 31.5 Å². The normalized spacial score (nSPS) is 13.8. The highest BCUT2D eigenvalue weighted by Gasteiger charge is 2.22. The van der Waals surface area contributed by atoms with Crippen molar-refractivity contribution in [2.24, 2.45) is 0 Å². The first-order chi connectivity index (χ1) is 11.8. The van der Waals surface area contributed by atoms with Gasteiger partial charge in [-0.3, -0.25) is 9.36 Å². The number of rotatable bonds is 7. The van der Waals surface area contributed by atoms with Crippen molar-refractivity contribution in [3.63, 3.8) is 0 Å². The van der Waals surface area contributed by atoms with Gasteiger partial charge in [-0.05, 0) is 37.7 Å². The number of thiophene rings is 1. The van der Waals surface area contributed by atoms with Gasteiger partial charge in [0.05, 0.1) is 11.5 Å². The molecule has 2 heterocycles. The summed E-state index contributed by atoms with van der Waals surface area (Å²) in [5.41, 5.74) is 1.39. The van der Waals surface area contributed by atoms with Crippen LogP contribution in [0.25, 0.3) is 10.2 Å². The van der Waals surface area contributed by atoms with Crippen molar-refractivity contribution in [2.45, 2.75) is 70.0 Å². The van der Waals surface area contributed by atoms with Crippen LogP contribution in [0.2, 0.25) is 0 Å². The van der Waals surface area contributed by atoms with Crippen molar-refractivity contribution in [1.29, 1.82) is 5.26 Å². The van der Waals surface area contributed by atoms with E-state index >= 15 is 0 Å². The van der Waals surface area contributed by atoms with Crippen LogP contribution < -0.4 is 5.56 Å². The standard InChI is InChI=1S/C18H23N3OS2/c1-2-3-6-11-21-17(22)15-13-8-4-5-9-14(13)24-16(15)20-18(21)23-12-7-10-19/h2-9,11-12H2,1H3. The molecule has 0 spiro atoms. The molecule has 0 bridgehead atoms. The summed E-state index contributed by atoms with van der Waals surface area (Å²) >= 11 is 3.24. The van der Waals surface area contributed by atoms with Crippen molar-refractivity contribution >= 4 is 33.3 Å². The maximum Gasteiger partial charge on any atom is 0.263 e. The van der Waals surface area contributed by atoms with E-state index in [-0.39, 0.29) is 5.56 Å². The Morgan fingerprint density at radius 3 is 2.96 bits per heavy atom. The first-order valence-electron chi connectivity index (χ1n) is 8.81. The third kappa shape index (κ3) is 3.52. The number of fused-ring (bicyclic) bond motifs is 3. The molecule has 128 valence electrons. The molecule has 3 rings (SSSR count). The summed E-state index contributed by atoms with van der Waals surface area (Å²) in [6.07, 6.45) is 8.23. The van der Waals surface area contributed by atoms with Crippen molar-refractivity contribution in [2.75, 3.05) is 5.75 Å². The number of unbranched alkanes of at least 4 members (excludes halogenated alkanes) is 2. The average Bonchev–Trinajstić information content (AvgIpc) is 2.96. The molecule has 0 saturated heterocycles. The van der Waals surface area contributed by atoms with Gasteiger partial charge in [0.2, 0.25) is 0 Å². The Kier molecular flexibility index (Phi) is 5.96. The molecule has 1 aliphatic carbocycles. The van der Waals surface area contributed by atoms with Crippen LogP contribution in [0.4, 0.5) is 0 Å². The van der Waals surface area contributed by atoms with Gasteiger partial charge < -0.3 is 0 Å². The largest absolute Gasteiger partial charge is 0.287 e. The van der Waals surface area contributed by atoms with E-state index in [2.05, 4.69) is 13.0 Å². The predicted octanol–water partition coefficient (Wildman–Crippen LogP) is 4.53. The van der Waals surface area contributed by atoms with E-state index in [1.165, 1.54) is 23.3 Å². The molecule has 2 aromatic rings. The summed E-state index contributed by atoms with van der Waals surface area (Å²) in [5, 5.41) is 10.4. The highest BCUT2D eigenvalue weighted by Crippen LogP contribution is 2.34. The Bertz CT molecular complexity index is 816. The van der Waals surface area contributed by atoms with Crippen LogP contribution in [0.5, 0.6) is 0 Å². The second-order valence-electron chi connectivity index (χ2n) is 6.21. The summed E-state index contributed by atoms with van der Waals surface area (Å²) in [5.74, 6) is 0.688. The fourth-order valence-corrected chi connectivity index (χ4v) is 5.41. The molecule has 1 aliphatic rings. The van der Waals surface area contributed by atoms with Crippen LogP contribution in [-0.4, -0.2) is 15.3 Å². The molecular formula is C18H23N3OS2. The highest BCUT2D eigenvalue weighted by molar-refractivity contribution is 7.99. The third-order valence-corrected chi connectivity index (χ3v) is 6.63. The van der Waals surface area contributed by atoms with E-state index in [1.54, 1.807) is 23.1 Å². The van der Waals surface area contributed by atoms with Gasteiger partial charge in [-0.2, -0.15) is 5.26 Å². The molecule has 6 heteroatoms. The van der Waals surface area contributed by atoms with Crippen LogP contribution in [0.1, 0.15) is 55.9 Å². The fraction of sp³-hybridized carbons (Fsp3) is 0.611. The number of thioether (sulfide) groups is 1. The minimum atomic E-state index is 0.134. The van der Waals surface area contributed by atoms with E-state index in [4.69, 9.17) is 10.2 Å². The van der Waals surface area contributed by atoms with Crippen LogP contribution in [0.15, 0.2) is 9.95 Å². The van der Waals surface area contributed by atoms with Crippen molar-refractivity contribution in [1.82, 2.24) is 9.55 Å². The lowest BCUT2D eigenvalue weighted by Crippen LogP contribution is -2.24. The lowest BCUT2D eigenvalue weighted by molar-refractivity contribution is 0.541. The zero-order valence-electron chi connectivity index (χ0n) is 14.1. The van der Waals surface area contributed by atoms with Gasteiger partial charge in [0, 0.05) is 23.6 Å². The van der Waals surface area contributed by atoms with E-state index in [1.807, 2.05) is 4.57 Å². The number of aromatic nitrogens is 2. The molecule has 0 aliphatic heterocycles. The number of aryl methyl sites for hydroxylation is 2. The Labute approximate surface area is 150 Å². The van der Waals surface area contributed by atoms with Crippen molar-refractivity contribution in [3.8, 4) is 6.07 Å². The van der Waals surface area contributed by atoms with E-state index in [0.717, 1.165) is 54.0 Å². The van der Waals surface area contributed by atoms with Crippen molar-refractivity contribution in [3.05, 3.63) is 20.8 Å². The van der Waals surface area contributed by atoms with E-state index < -0.39 is 0 Å². The smallest absolute Gasteiger partial charge is 0.263 e. The highest BCUT2D eigenvalue weighted by atomic mass is 32.2. The van der Waals surface area contributed by atoms with Crippen molar-refractivity contribution < 1.29 is 0 Å². The Hall–Kier alpha value is -1.32. The third-order valence-electron chi connectivity index (χ3n) is 4.47. The predicted molar refractivity (Wildman–Crippen MR) is 101 cm³/mol. The van der Waals surface area contributed by atoms with Gasteiger partial charge in [0.1, 0.15) is 4.83 Å². The average molecular weight is 362 g/mol. The monoisotopic (exact) mass is 361 g/mol. The first-order valence-corrected chi connectivity index (χ1v) is 10.6.